The van der Waals surface area contributed by atoms with E-state index in [1.165, 1.54) is 82.7 Å². The molecule has 23 aromatic rings. The molecular weight excluding hydrogens is 1460 g/mol. The van der Waals surface area contributed by atoms with E-state index in [0.29, 0.717) is 0 Å². The van der Waals surface area contributed by atoms with Gasteiger partial charge in [0.2, 0.25) is 0 Å². The quantitative estimate of drug-likeness (QED) is 0.103. The molecule has 0 amide bonds. The summed E-state index contributed by atoms with van der Waals surface area (Å²) >= 11 is 0. The van der Waals surface area contributed by atoms with Crippen LogP contribution in [0.25, 0.3) is 177 Å². The molecule has 0 atom stereocenters. The summed E-state index contributed by atoms with van der Waals surface area (Å²) in [4.78, 5) is 4.67. The highest BCUT2D eigenvalue weighted by Gasteiger charge is 2.27. The van der Waals surface area contributed by atoms with Crippen molar-refractivity contribution in [1.82, 2.24) is 9.13 Å². The second-order valence-electron chi connectivity index (χ2n) is 30.6. The summed E-state index contributed by atoms with van der Waals surface area (Å²) in [6.45, 7) is 0. The van der Waals surface area contributed by atoms with Gasteiger partial charge in [-0.15, -0.1) is 0 Å². The average Bonchev–Trinajstić information content (AvgIpc) is 1.55. The highest BCUT2D eigenvalue weighted by Crippen LogP contribution is 2.50. The minimum Gasteiger partial charge on any atom is -0.455 e. The van der Waals surface area contributed by atoms with Gasteiger partial charge in [-0.3, -0.25) is 0 Å². The van der Waals surface area contributed by atoms with Crippen molar-refractivity contribution in [2.45, 2.75) is 0 Å². The van der Waals surface area contributed by atoms with Crippen LogP contribution in [0.15, 0.2) is 470 Å². The highest BCUT2D eigenvalue weighted by atomic mass is 16.3. The molecule has 6 heteroatoms. The van der Waals surface area contributed by atoms with Gasteiger partial charge in [-0.25, -0.2) is 0 Å². The van der Waals surface area contributed by atoms with Crippen molar-refractivity contribution in [2.75, 3.05) is 9.80 Å². The first kappa shape index (κ1) is 70.6. The number of furan rings is 2. The van der Waals surface area contributed by atoms with Crippen molar-refractivity contribution >= 4 is 122 Å². The monoisotopic (exact) mass is 1530 g/mol. The summed E-state index contributed by atoms with van der Waals surface area (Å²) < 4.78 is 18.5. The van der Waals surface area contributed by atoms with Crippen molar-refractivity contribution < 1.29 is 8.83 Å². The van der Waals surface area contributed by atoms with Crippen LogP contribution in [0.4, 0.5) is 34.1 Å². The number of rotatable bonds is 15. The Hall–Kier alpha value is -16.0. The van der Waals surface area contributed by atoms with Gasteiger partial charge in [0.05, 0.1) is 32.8 Å². The largest absolute Gasteiger partial charge is 0.455 e. The normalized spacial score (nSPS) is 11.5. The fraction of sp³-hybridized carbons (Fsp3) is 0. The van der Waals surface area contributed by atoms with Gasteiger partial charge < -0.3 is 27.8 Å². The molecular formula is C114H76N4O2. The lowest BCUT2D eigenvalue weighted by Gasteiger charge is -2.26. The Morgan fingerprint density at radius 1 is 0.175 bits per heavy atom. The number of anilines is 6. The van der Waals surface area contributed by atoms with E-state index in [4.69, 9.17) is 8.83 Å². The lowest BCUT2D eigenvalue weighted by molar-refractivity contribution is 0.670. The Bertz CT molecular complexity index is 7490. The van der Waals surface area contributed by atoms with Crippen LogP contribution in [0.5, 0.6) is 0 Å². The number of benzene rings is 19. The number of fused-ring (bicyclic) bond motifs is 14. The first-order valence-corrected chi connectivity index (χ1v) is 40.9. The number of para-hydroxylation sites is 5. The molecule has 0 aliphatic carbocycles. The highest BCUT2D eigenvalue weighted by molar-refractivity contribution is 6.29. The van der Waals surface area contributed by atoms with Crippen molar-refractivity contribution in [3.63, 3.8) is 0 Å². The van der Waals surface area contributed by atoms with Gasteiger partial charge in [-0.2, -0.15) is 0 Å². The third kappa shape index (κ3) is 12.7. The standard InChI is InChI=1S/C60H40N2O.C54H36N2O/c1-4-14-41(15-5-1)44-24-32-48(33-25-44)61(49-34-26-45(27-35-49)42-16-6-2-7-17-42)50-38-30-47(31-39-50)54-40-55-52-20-10-12-22-56(52)62(51-36-28-46(29-37-51)43-18-8-3-9-19-43)59(55)58-53-21-11-13-23-57(53)63-60(54)58;1-4-14-37(15-5-1)39-24-30-43(31-25-39)55(44-32-26-40(27-33-44)38-16-6-2-7-17-38)45-34-28-41(29-35-45)48-36-49-46-20-10-12-22-50(46)56(42-18-8-3-9-19-42)53(49)52-47-21-11-13-23-51(47)57-54(48)52/h1-40H;1-36H. The second-order valence-corrected chi connectivity index (χ2v) is 30.6. The third-order valence-electron chi connectivity index (χ3n) is 23.6. The molecule has 0 spiro atoms. The van der Waals surface area contributed by atoms with E-state index in [1.54, 1.807) is 0 Å². The first-order valence-electron chi connectivity index (χ1n) is 40.9. The molecule has 0 radical (unpaired) electrons. The number of hydrogen-bond donors (Lipinski definition) is 0. The van der Waals surface area contributed by atoms with Gasteiger partial charge in [0.25, 0.3) is 0 Å². The van der Waals surface area contributed by atoms with Crippen molar-refractivity contribution in [2.24, 2.45) is 0 Å². The number of aromatic nitrogens is 2. The zero-order valence-corrected chi connectivity index (χ0v) is 65.5. The molecule has 6 nitrogen and oxygen atoms in total. The van der Waals surface area contributed by atoms with Gasteiger partial charge >= 0.3 is 0 Å². The molecule has 0 saturated carbocycles. The average molecular weight is 1530 g/mol. The zero-order chi connectivity index (χ0) is 79.4. The van der Waals surface area contributed by atoms with Crippen LogP contribution in [-0.2, 0) is 0 Å². The van der Waals surface area contributed by atoms with Gasteiger partial charge in [-0.1, -0.05) is 328 Å². The van der Waals surface area contributed by atoms with Gasteiger partial charge in [0.1, 0.15) is 22.3 Å². The molecule has 4 heterocycles. The van der Waals surface area contributed by atoms with E-state index in [0.717, 1.165) is 128 Å². The second kappa shape index (κ2) is 30.3. The summed E-state index contributed by atoms with van der Waals surface area (Å²) in [6.07, 6.45) is 0. The van der Waals surface area contributed by atoms with E-state index < -0.39 is 0 Å². The van der Waals surface area contributed by atoms with Crippen LogP contribution in [0.3, 0.4) is 0 Å². The smallest absolute Gasteiger partial charge is 0.145 e. The lowest BCUT2D eigenvalue weighted by atomic mass is 9.98. The van der Waals surface area contributed by atoms with Crippen LogP contribution < -0.4 is 9.80 Å². The Labute approximate surface area is 695 Å². The first-order chi connectivity index (χ1) is 59.5. The van der Waals surface area contributed by atoms with Crippen molar-refractivity contribution in [3.8, 4) is 89.3 Å². The Morgan fingerprint density at radius 3 is 0.700 bits per heavy atom. The molecule has 0 bridgehead atoms. The van der Waals surface area contributed by atoms with Gasteiger partial charge in [0, 0.05) is 88.9 Å². The summed E-state index contributed by atoms with van der Waals surface area (Å²) in [6, 6.07) is 165. The summed E-state index contributed by atoms with van der Waals surface area (Å²) in [5.74, 6) is 0. The maximum atomic E-state index is 6.90. The lowest BCUT2D eigenvalue weighted by Crippen LogP contribution is -2.09. The molecule has 0 aliphatic heterocycles. The van der Waals surface area contributed by atoms with Crippen LogP contribution in [0.2, 0.25) is 0 Å². The Morgan fingerprint density at radius 2 is 0.400 bits per heavy atom. The Balaban J connectivity index is 0.000000145. The fourth-order valence-corrected chi connectivity index (χ4v) is 17.9. The van der Waals surface area contributed by atoms with Crippen molar-refractivity contribution in [3.05, 3.63) is 461 Å². The number of nitrogens with zero attached hydrogens (tertiary/aromatic N) is 4. The van der Waals surface area contributed by atoms with E-state index in [-0.39, 0.29) is 0 Å². The summed E-state index contributed by atoms with van der Waals surface area (Å²) in [5.41, 5.74) is 33.1. The van der Waals surface area contributed by atoms with E-state index >= 15 is 0 Å². The topological polar surface area (TPSA) is 42.6 Å². The molecule has 0 fully saturated rings. The van der Waals surface area contributed by atoms with Crippen LogP contribution in [-0.4, -0.2) is 9.13 Å². The van der Waals surface area contributed by atoms with E-state index in [1.807, 2.05) is 0 Å². The minimum absolute atomic E-state index is 0.873. The van der Waals surface area contributed by atoms with Crippen LogP contribution in [0, 0.1) is 0 Å². The van der Waals surface area contributed by atoms with Crippen LogP contribution >= 0.6 is 0 Å². The predicted octanol–water partition coefficient (Wildman–Crippen LogP) is 32.0. The van der Waals surface area contributed by atoms with E-state index in [2.05, 4.69) is 480 Å². The molecule has 0 N–H and O–H groups in total. The fourth-order valence-electron chi connectivity index (χ4n) is 17.9. The molecule has 19 aromatic carbocycles. The van der Waals surface area contributed by atoms with Gasteiger partial charge in [-0.05, 0) is 200 Å². The predicted molar refractivity (Wildman–Crippen MR) is 504 cm³/mol. The summed E-state index contributed by atoms with van der Waals surface area (Å²) in [7, 11) is 0. The molecule has 0 saturated heterocycles. The van der Waals surface area contributed by atoms with E-state index in [9.17, 15) is 0 Å². The maximum Gasteiger partial charge on any atom is 0.145 e. The van der Waals surface area contributed by atoms with Gasteiger partial charge in [0.15, 0.2) is 0 Å². The SMILES string of the molecule is c1ccc(-c2ccc(N(c3ccc(-c4ccccc4)cc3)c3ccc(-c4cc5c6ccccc6n(-c6ccc(-c7ccccc7)cc6)c5c5c4oc4ccccc45)cc3)cc2)cc1.c1ccc(-c2ccc(N(c3ccc(-c4ccccc4)cc3)c3ccc(-c4cc5c6ccccc6n(-c6ccccc6)c5c5c4oc4ccccc45)cc3)cc2)cc1. The Kier molecular flexibility index (Phi) is 17.8. The molecule has 4 aromatic heterocycles. The van der Waals surface area contributed by atoms with Crippen LogP contribution in [0.1, 0.15) is 0 Å². The molecule has 0 unspecified atom stereocenters. The summed E-state index contributed by atoms with van der Waals surface area (Å²) in [5, 5.41) is 9.26. The van der Waals surface area contributed by atoms with Crippen molar-refractivity contribution in [1.29, 1.82) is 0 Å². The number of hydrogen-bond acceptors (Lipinski definition) is 4. The third-order valence-corrected chi connectivity index (χ3v) is 23.6. The molecule has 564 valence electrons. The maximum absolute atomic E-state index is 6.90. The molecule has 0 aliphatic rings. The zero-order valence-electron chi connectivity index (χ0n) is 65.5. The molecule has 120 heavy (non-hydrogen) atoms. The molecule has 23 rings (SSSR count). The minimum atomic E-state index is 0.873.